The number of halogens is 2. The van der Waals surface area contributed by atoms with Crippen molar-refractivity contribution in [2.45, 2.75) is 25.7 Å². The molecule has 0 unspecified atom stereocenters. The molecule has 4 N–H and O–H groups in total. The number of carbonyl (C=O) groups excluding carboxylic acids is 2. The maximum Gasteiger partial charge on any atom is 0.255 e. The standard InChI is InChI=1S/2C19H22N8O.C15H15ClN6.C15H15FN6/c2*28-19(27-5-1-2-6-27)14-3-4-15(20-11-14)25-7-9-26(10-8-25)18-16-17(22-12-21-16)23-13-24-18;16-11-2-1-3-12(8-11)21-4-6-22(7-5-21)15-13-9-19-20-14(13)17-10-18-15;16-12-3-1-2-4-13(12)21-5-7-22(8-6-21)15-11-9-19-20-14(11)17-10-18-15/h2*3-4,11-13H,1-2,5-10H2,(H,21,22,23,24);1-3,8-10H,4-7H2,(H,17,18,19,20);1-4,9-10H,5-8H2,(H,17,18,19,20). The van der Waals surface area contributed by atoms with Gasteiger partial charge in [-0.3, -0.25) is 19.8 Å². The monoisotopic (exact) mass is 1370 g/mol. The van der Waals surface area contributed by atoms with Crippen LogP contribution in [-0.2, 0) is 0 Å². The maximum atomic E-state index is 13.9. The average Bonchev–Trinajstić information content (AvgIpc) is 1.77. The summed E-state index contributed by atoms with van der Waals surface area (Å²) >= 11 is 6.08. The molecule has 6 fully saturated rings. The molecule has 30 nitrogen and oxygen atoms in total. The summed E-state index contributed by atoms with van der Waals surface area (Å²) in [6.45, 7) is 16.9. The Morgan fingerprint density at radius 1 is 0.390 bits per heavy atom. The molecule has 16 heterocycles. The van der Waals surface area contributed by atoms with Crippen molar-refractivity contribution in [1.29, 1.82) is 0 Å². The first-order valence-electron chi connectivity index (χ1n) is 33.8. The zero-order chi connectivity index (χ0) is 67.7. The molecule has 2 aromatic carbocycles. The lowest BCUT2D eigenvalue weighted by molar-refractivity contribution is 0.0784. The van der Waals surface area contributed by atoms with Crippen LogP contribution in [0.5, 0.6) is 0 Å². The second kappa shape index (κ2) is 29.7. The number of nitrogens with zero attached hydrogens (tertiary/aromatic N) is 24. The smallest absolute Gasteiger partial charge is 0.255 e. The Balaban J connectivity index is 0.000000109. The largest absolute Gasteiger partial charge is 0.368 e. The van der Waals surface area contributed by atoms with E-state index >= 15 is 0 Å². The number of fused-ring (bicyclic) bond motifs is 4. The van der Waals surface area contributed by atoms with Gasteiger partial charge in [0.25, 0.3) is 11.8 Å². The van der Waals surface area contributed by atoms with Crippen LogP contribution >= 0.6 is 11.6 Å². The number of aromatic nitrogens is 18. The van der Waals surface area contributed by atoms with Gasteiger partial charge in [-0.05, 0) is 80.3 Å². The van der Waals surface area contributed by atoms with Crippen LogP contribution in [0.1, 0.15) is 46.4 Å². The van der Waals surface area contributed by atoms with Gasteiger partial charge in [0.05, 0.1) is 52.6 Å². The number of benzene rings is 2. The number of imidazole rings is 2. The van der Waals surface area contributed by atoms with Crippen LogP contribution in [0.3, 0.4) is 0 Å². The minimum Gasteiger partial charge on any atom is -0.368 e. The van der Waals surface area contributed by atoms with Crippen LogP contribution in [0.25, 0.3) is 44.4 Å². The highest BCUT2D eigenvalue weighted by atomic mass is 35.5. The number of pyridine rings is 2. The van der Waals surface area contributed by atoms with Gasteiger partial charge in [-0.2, -0.15) is 10.2 Å². The van der Waals surface area contributed by atoms with Gasteiger partial charge in [-0.25, -0.2) is 64.2 Å². The highest BCUT2D eigenvalue weighted by molar-refractivity contribution is 6.30. The molecule has 0 spiro atoms. The van der Waals surface area contributed by atoms with Crippen molar-refractivity contribution < 1.29 is 14.0 Å². The normalized spacial score (nSPS) is 16.6. The molecule has 12 aromatic rings. The van der Waals surface area contributed by atoms with E-state index in [0.717, 1.165) is 230 Å². The molecule has 0 aliphatic carbocycles. The molecular weight excluding hydrogens is 1300 g/mol. The van der Waals surface area contributed by atoms with Crippen LogP contribution in [-0.4, -0.2) is 243 Å². The number of para-hydroxylation sites is 1. The summed E-state index contributed by atoms with van der Waals surface area (Å²) in [5.41, 5.74) is 7.82. The third-order valence-electron chi connectivity index (χ3n) is 19.0. The van der Waals surface area contributed by atoms with E-state index in [4.69, 9.17) is 11.6 Å². The molecule has 0 saturated carbocycles. The summed E-state index contributed by atoms with van der Waals surface area (Å²) in [7, 11) is 0. The number of likely N-dealkylation sites (tertiary alicyclic amines) is 2. The first-order chi connectivity index (χ1) is 49.2. The lowest BCUT2D eigenvalue weighted by Gasteiger charge is -2.36. The van der Waals surface area contributed by atoms with Crippen molar-refractivity contribution in [1.82, 2.24) is 100.0 Å². The quantitative estimate of drug-likeness (QED) is 0.110. The molecule has 6 aliphatic rings. The summed E-state index contributed by atoms with van der Waals surface area (Å²) < 4.78 is 13.9. The predicted octanol–water partition coefficient (Wildman–Crippen LogP) is 6.77. The van der Waals surface area contributed by atoms with Gasteiger partial charge in [0.15, 0.2) is 34.2 Å². The fourth-order valence-corrected chi connectivity index (χ4v) is 13.8. The molecule has 18 rings (SSSR count). The number of H-pyrrole nitrogens is 4. The molecule has 100 heavy (non-hydrogen) atoms. The first kappa shape index (κ1) is 64.5. The minimum absolute atomic E-state index is 0.0914. The third-order valence-corrected chi connectivity index (χ3v) is 19.2. The van der Waals surface area contributed by atoms with E-state index in [2.05, 4.69) is 135 Å². The molecule has 0 radical (unpaired) electrons. The van der Waals surface area contributed by atoms with Crippen LogP contribution in [0.2, 0.25) is 5.02 Å². The van der Waals surface area contributed by atoms with Gasteiger partial charge in [0.2, 0.25) is 0 Å². The number of carbonyl (C=O) groups is 2. The van der Waals surface area contributed by atoms with Crippen molar-refractivity contribution in [2.24, 2.45) is 0 Å². The Kier molecular flexibility index (Phi) is 19.1. The van der Waals surface area contributed by atoms with Gasteiger partial charge in [-0.15, -0.1) is 0 Å². The molecule has 0 atom stereocenters. The average molecular weight is 1370 g/mol. The van der Waals surface area contributed by atoms with E-state index in [0.29, 0.717) is 28.1 Å². The molecule has 2 amide bonds. The topological polar surface area (TPSA) is 310 Å². The van der Waals surface area contributed by atoms with Gasteiger partial charge >= 0.3 is 0 Å². The second-order valence-electron chi connectivity index (χ2n) is 24.9. The number of rotatable bonds is 10. The summed E-state index contributed by atoms with van der Waals surface area (Å²) in [5, 5.41) is 16.5. The summed E-state index contributed by atoms with van der Waals surface area (Å²) in [6.07, 6.45) is 20.9. The van der Waals surface area contributed by atoms with E-state index < -0.39 is 0 Å². The van der Waals surface area contributed by atoms with E-state index in [1.807, 2.05) is 64.4 Å². The van der Waals surface area contributed by atoms with E-state index in [9.17, 15) is 14.0 Å². The number of nitrogens with one attached hydrogen (secondary N) is 4. The molecule has 0 bridgehead atoms. The van der Waals surface area contributed by atoms with Gasteiger partial charge in [0, 0.05) is 154 Å². The van der Waals surface area contributed by atoms with Crippen molar-refractivity contribution in [3.63, 3.8) is 0 Å². The Morgan fingerprint density at radius 3 is 1.26 bits per heavy atom. The van der Waals surface area contributed by atoms with Crippen LogP contribution in [0.4, 0.5) is 50.7 Å². The maximum absolute atomic E-state index is 13.9. The fraction of sp³-hybridized carbons (Fsp3) is 0.353. The number of hydrogen-bond acceptors (Lipinski definition) is 24. The lowest BCUT2D eigenvalue weighted by atomic mass is 10.2. The Bertz CT molecular complexity index is 4560. The highest BCUT2D eigenvalue weighted by Crippen LogP contribution is 2.30. The van der Waals surface area contributed by atoms with Crippen molar-refractivity contribution >= 4 is 114 Å². The molecule has 32 heteroatoms. The van der Waals surface area contributed by atoms with Gasteiger partial charge in [0.1, 0.15) is 65.4 Å². The zero-order valence-corrected chi connectivity index (χ0v) is 55.7. The summed E-state index contributed by atoms with van der Waals surface area (Å²) in [6, 6.07) is 22.6. The number of amides is 2. The molecule has 512 valence electrons. The number of aromatic amines is 4. The Hall–Kier alpha value is -11.5. The summed E-state index contributed by atoms with van der Waals surface area (Å²) in [5.74, 6) is 5.44. The predicted molar refractivity (Wildman–Crippen MR) is 381 cm³/mol. The Labute approximate surface area is 578 Å². The van der Waals surface area contributed by atoms with Gasteiger partial charge in [-0.1, -0.05) is 29.8 Å². The third kappa shape index (κ3) is 14.1. The van der Waals surface area contributed by atoms with E-state index in [-0.39, 0.29) is 17.6 Å². The molecule has 10 aromatic heterocycles. The first-order valence-corrected chi connectivity index (χ1v) is 34.2. The fourth-order valence-electron chi connectivity index (χ4n) is 13.6. The molecule has 6 aliphatic heterocycles. The van der Waals surface area contributed by atoms with Crippen molar-refractivity contribution in [2.75, 3.05) is 170 Å². The van der Waals surface area contributed by atoms with E-state index in [1.165, 1.54) is 11.8 Å². The van der Waals surface area contributed by atoms with Gasteiger partial charge < -0.3 is 59.0 Å². The molecular formula is C68H74ClFN28O2. The van der Waals surface area contributed by atoms with Crippen LogP contribution in [0, 0.1) is 5.82 Å². The van der Waals surface area contributed by atoms with Crippen molar-refractivity contribution in [3.8, 4) is 0 Å². The highest BCUT2D eigenvalue weighted by Gasteiger charge is 2.28. The van der Waals surface area contributed by atoms with Crippen LogP contribution in [0.15, 0.2) is 136 Å². The van der Waals surface area contributed by atoms with E-state index in [1.54, 1.807) is 68.8 Å². The molecule has 6 saturated heterocycles. The second-order valence-corrected chi connectivity index (χ2v) is 25.3. The number of hydrogen-bond donors (Lipinski definition) is 4. The SMILES string of the molecule is Clc1cccc(N2CCN(c3ncnc4[nH]ncc34)CC2)c1.Fc1ccccc1N1CCN(c2ncnc3[nH]ncc23)CC1.O=C(c1ccc(N2CCN(c3ncnc4nc[nH]c34)CC2)nc1)N1CCCC1.O=C(c1ccc(N2CCN(c3ncnc4nc[nH]c34)CC2)nc1)N1CCCC1. The zero-order valence-electron chi connectivity index (χ0n) is 55.0. The Morgan fingerprint density at radius 2 is 0.810 bits per heavy atom. The number of piperazine rings is 4. The lowest BCUT2D eigenvalue weighted by Crippen LogP contribution is -2.47. The minimum atomic E-state index is -0.171. The van der Waals surface area contributed by atoms with Crippen molar-refractivity contribution in [3.05, 3.63) is 158 Å². The van der Waals surface area contributed by atoms with Crippen LogP contribution < -0.4 is 39.2 Å². The summed E-state index contributed by atoms with van der Waals surface area (Å²) in [4.78, 5) is 105. The number of anilines is 8.